The summed E-state index contributed by atoms with van der Waals surface area (Å²) in [4.78, 5) is 32.9. The predicted molar refractivity (Wildman–Crippen MR) is 71.3 cm³/mol. The van der Waals surface area contributed by atoms with Gasteiger partial charge in [0.15, 0.2) is 9.84 Å². The zero-order valence-electron chi connectivity index (χ0n) is 11.0. The molecule has 0 aromatic heterocycles. The largest absolute Gasteiger partial charge is 0.481 e. The number of sulfone groups is 1. The van der Waals surface area contributed by atoms with E-state index in [1.807, 2.05) is 0 Å². The lowest BCUT2D eigenvalue weighted by Gasteiger charge is -2.16. The molecule has 1 aliphatic rings. The maximum atomic E-state index is 11.6. The SMILES string of the molecule is O=C(O)CCC[C@@H](NC(=O)NC1C=CS(=O)(=O)C1)C(=O)O. The molecule has 0 saturated carbocycles. The number of carboxylic acids is 2. The first-order valence-corrected chi connectivity index (χ1v) is 7.84. The standard InChI is InChI=1S/C11H16N2O7S/c14-9(15)3-1-2-8(10(16)17)13-11(18)12-7-4-5-21(19,20)6-7/h4-5,7-8H,1-3,6H2,(H,14,15)(H,16,17)(H2,12,13,18)/t7?,8-/m1/s1. The zero-order chi connectivity index (χ0) is 16.0. The Kier molecular flexibility index (Phi) is 5.70. The molecule has 1 rings (SSSR count). The van der Waals surface area contributed by atoms with Crippen molar-refractivity contribution in [2.75, 3.05) is 5.75 Å². The molecule has 0 aromatic rings. The minimum Gasteiger partial charge on any atom is -0.481 e. The summed E-state index contributed by atoms with van der Waals surface area (Å²) in [7, 11) is -3.31. The summed E-state index contributed by atoms with van der Waals surface area (Å²) in [5.74, 6) is -2.60. The first-order valence-electron chi connectivity index (χ1n) is 6.12. The molecule has 0 aromatic carbocycles. The third-order valence-corrected chi connectivity index (χ3v) is 4.13. The van der Waals surface area contributed by atoms with E-state index in [1.54, 1.807) is 0 Å². The molecule has 10 heteroatoms. The molecule has 21 heavy (non-hydrogen) atoms. The molecule has 0 fully saturated rings. The highest BCUT2D eigenvalue weighted by atomic mass is 32.2. The van der Waals surface area contributed by atoms with Gasteiger partial charge in [0.1, 0.15) is 6.04 Å². The van der Waals surface area contributed by atoms with Crippen LogP contribution >= 0.6 is 0 Å². The van der Waals surface area contributed by atoms with E-state index in [1.165, 1.54) is 6.08 Å². The second-order valence-electron chi connectivity index (χ2n) is 4.56. The van der Waals surface area contributed by atoms with Crippen molar-refractivity contribution in [2.45, 2.75) is 31.3 Å². The van der Waals surface area contributed by atoms with Crippen LogP contribution < -0.4 is 10.6 Å². The first-order chi connectivity index (χ1) is 9.69. The van der Waals surface area contributed by atoms with Crippen molar-refractivity contribution < 1.29 is 33.0 Å². The van der Waals surface area contributed by atoms with Gasteiger partial charge in [-0.05, 0) is 18.9 Å². The van der Waals surface area contributed by atoms with Gasteiger partial charge in [-0.3, -0.25) is 4.79 Å². The molecule has 1 aliphatic heterocycles. The molecule has 0 radical (unpaired) electrons. The average molecular weight is 320 g/mol. The van der Waals surface area contributed by atoms with Gasteiger partial charge in [0.25, 0.3) is 0 Å². The lowest BCUT2D eigenvalue weighted by Crippen LogP contribution is -2.49. The van der Waals surface area contributed by atoms with Crippen molar-refractivity contribution in [3.05, 3.63) is 11.5 Å². The summed E-state index contributed by atoms with van der Waals surface area (Å²) in [5, 5.41) is 22.9. The molecule has 9 nitrogen and oxygen atoms in total. The summed E-state index contributed by atoms with van der Waals surface area (Å²) in [6, 6.07) is -2.75. The number of hydrogen-bond acceptors (Lipinski definition) is 5. The van der Waals surface area contributed by atoms with Crippen LogP contribution in [0.4, 0.5) is 4.79 Å². The summed E-state index contributed by atoms with van der Waals surface area (Å²) >= 11 is 0. The van der Waals surface area contributed by atoms with Crippen molar-refractivity contribution in [2.24, 2.45) is 0 Å². The van der Waals surface area contributed by atoms with Crippen LogP contribution in [0, 0.1) is 0 Å². The van der Waals surface area contributed by atoms with E-state index in [0.29, 0.717) is 0 Å². The van der Waals surface area contributed by atoms with Crippen LogP contribution in [0.5, 0.6) is 0 Å². The molecule has 0 saturated heterocycles. The number of carbonyl (C=O) groups excluding carboxylic acids is 1. The summed E-state index contributed by atoms with van der Waals surface area (Å²) < 4.78 is 22.3. The van der Waals surface area contributed by atoms with E-state index in [9.17, 15) is 22.8 Å². The fourth-order valence-corrected chi connectivity index (χ4v) is 2.98. The third-order valence-electron chi connectivity index (χ3n) is 2.73. The molecule has 0 aliphatic carbocycles. The Balaban J connectivity index is 2.44. The molecule has 2 amide bonds. The van der Waals surface area contributed by atoms with Gasteiger partial charge in [0, 0.05) is 11.8 Å². The van der Waals surface area contributed by atoms with Crippen LogP contribution in [0.3, 0.4) is 0 Å². The number of carboxylic acid groups (broad SMARTS) is 2. The highest BCUT2D eigenvalue weighted by Crippen LogP contribution is 2.08. The quantitative estimate of drug-likeness (QED) is 0.484. The minimum absolute atomic E-state index is 0.0339. The van der Waals surface area contributed by atoms with Gasteiger partial charge in [-0.15, -0.1) is 0 Å². The van der Waals surface area contributed by atoms with Crippen LogP contribution in [-0.4, -0.2) is 54.4 Å². The lowest BCUT2D eigenvalue weighted by molar-refractivity contribution is -0.140. The van der Waals surface area contributed by atoms with E-state index < -0.39 is 39.9 Å². The fourth-order valence-electron chi connectivity index (χ4n) is 1.75. The normalized spacial score (nSPS) is 20.7. The molecule has 0 spiro atoms. The van der Waals surface area contributed by atoms with Crippen LogP contribution in [-0.2, 0) is 19.4 Å². The van der Waals surface area contributed by atoms with Crippen LogP contribution in [0.15, 0.2) is 11.5 Å². The molecule has 118 valence electrons. The van der Waals surface area contributed by atoms with Gasteiger partial charge in [0.05, 0.1) is 11.8 Å². The Bertz CT molecular complexity index is 555. The zero-order valence-corrected chi connectivity index (χ0v) is 11.8. The maximum absolute atomic E-state index is 11.6. The lowest BCUT2D eigenvalue weighted by atomic mass is 10.1. The van der Waals surface area contributed by atoms with E-state index in [4.69, 9.17) is 10.2 Å². The van der Waals surface area contributed by atoms with E-state index in [2.05, 4.69) is 10.6 Å². The van der Waals surface area contributed by atoms with Crippen LogP contribution in [0.2, 0.25) is 0 Å². The van der Waals surface area contributed by atoms with Crippen molar-refractivity contribution >= 4 is 27.8 Å². The second-order valence-corrected chi connectivity index (χ2v) is 6.49. The van der Waals surface area contributed by atoms with Crippen molar-refractivity contribution in [1.82, 2.24) is 10.6 Å². The van der Waals surface area contributed by atoms with Gasteiger partial charge < -0.3 is 20.8 Å². The van der Waals surface area contributed by atoms with Gasteiger partial charge in [-0.25, -0.2) is 18.0 Å². The number of aliphatic carboxylic acids is 2. The molecule has 2 atom stereocenters. The molecular weight excluding hydrogens is 304 g/mol. The molecule has 1 unspecified atom stereocenters. The smallest absolute Gasteiger partial charge is 0.326 e. The predicted octanol–water partition coefficient (Wildman–Crippen LogP) is -0.696. The second kappa shape index (κ2) is 7.07. The third kappa shape index (κ3) is 6.25. The Hall–Kier alpha value is -2.10. The topological polar surface area (TPSA) is 150 Å². The van der Waals surface area contributed by atoms with Gasteiger partial charge in [-0.1, -0.05) is 0 Å². The van der Waals surface area contributed by atoms with Gasteiger partial charge in [-0.2, -0.15) is 0 Å². The maximum Gasteiger partial charge on any atom is 0.326 e. The Labute approximate surface area is 120 Å². The van der Waals surface area contributed by atoms with E-state index in [0.717, 1.165) is 5.41 Å². The number of carbonyl (C=O) groups is 3. The Morgan fingerprint density at radius 2 is 1.95 bits per heavy atom. The summed E-state index contributed by atoms with van der Waals surface area (Å²) in [6.45, 7) is 0. The molecular formula is C11H16N2O7S. The van der Waals surface area contributed by atoms with Crippen LogP contribution in [0.25, 0.3) is 0 Å². The molecule has 1 heterocycles. The van der Waals surface area contributed by atoms with E-state index in [-0.39, 0.29) is 25.0 Å². The average Bonchev–Trinajstić information content (AvgIpc) is 2.66. The minimum atomic E-state index is -3.31. The first kappa shape index (κ1) is 17.0. The fraction of sp³-hybridized carbons (Fsp3) is 0.545. The number of rotatable bonds is 7. The monoisotopic (exact) mass is 320 g/mol. The number of urea groups is 1. The number of nitrogens with one attached hydrogen (secondary N) is 2. The van der Waals surface area contributed by atoms with Gasteiger partial charge >= 0.3 is 18.0 Å². The molecule has 4 N–H and O–H groups in total. The summed E-state index contributed by atoms with van der Waals surface area (Å²) in [6.07, 6.45) is 1.17. The highest BCUT2D eigenvalue weighted by Gasteiger charge is 2.25. The van der Waals surface area contributed by atoms with Crippen molar-refractivity contribution in [3.63, 3.8) is 0 Å². The summed E-state index contributed by atoms with van der Waals surface area (Å²) in [5.41, 5.74) is 0. The Morgan fingerprint density at radius 3 is 2.43 bits per heavy atom. The number of amides is 2. The van der Waals surface area contributed by atoms with Crippen molar-refractivity contribution in [3.8, 4) is 0 Å². The van der Waals surface area contributed by atoms with Crippen molar-refractivity contribution in [1.29, 1.82) is 0 Å². The highest BCUT2D eigenvalue weighted by molar-refractivity contribution is 7.94. The molecule has 0 bridgehead atoms. The Morgan fingerprint density at radius 1 is 1.29 bits per heavy atom. The number of hydrogen-bond donors (Lipinski definition) is 4. The van der Waals surface area contributed by atoms with E-state index >= 15 is 0 Å². The van der Waals surface area contributed by atoms with Crippen LogP contribution in [0.1, 0.15) is 19.3 Å². The van der Waals surface area contributed by atoms with Gasteiger partial charge in [0.2, 0.25) is 0 Å².